The summed E-state index contributed by atoms with van der Waals surface area (Å²) in [6.45, 7) is 1.06. The maximum absolute atomic E-state index is 13.9. The van der Waals surface area contributed by atoms with Crippen molar-refractivity contribution < 1.29 is 23.2 Å². The molecule has 2 heterocycles. The Kier molecular flexibility index (Phi) is 7.14. The molecule has 214 valence electrons. The van der Waals surface area contributed by atoms with Crippen molar-refractivity contribution >= 4 is 41.2 Å². The van der Waals surface area contributed by atoms with Crippen LogP contribution in [0.1, 0.15) is 48.9 Å². The second-order valence-electron chi connectivity index (χ2n) is 10.9. The van der Waals surface area contributed by atoms with Gasteiger partial charge in [-0.15, -0.1) is 0 Å². The molecule has 0 bridgehead atoms. The van der Waals surface area contributed by atoms with Crippen molar-refractivity contribution in [1.82, 2.24) is 15.2 Å². The number of allylic oxidation sites excluding steroid dienone is 1. The molecule has 3 atom stereocenters. The first kappa shape index (κ1) is 27.8. The van der Waals surface area contributed by atoms with Crippen LogP contribution >= 0.6 is 11.6 Å². The Morgan fingerprint density at radius 3 is 2.33 bits per heavy atom. The van der Waals surface area contributed by atoms with Crippen LogP contribution in [0.2, 0.25) is 5.02 Å². The third-order valence-corrected chi connectivity index (χ3v) is 8.42. The molecule has 4 amide bonds. The number of hydrogen-bond acceptors (Lipinski definition) is 4. The number of imide groups is 1. The zero-order chi connectivity index (χ0) is 29.6. The lowest BCUT2D eigenvalue weighted by atomic mass is 9.77. The summed E-state index contributed by atoms with van der Waals surface area (Å²) >= 11 is 6.00. The standard InChI is InChI=1S/C32H27ClF2N4O3/c1-32(22-9-11-23(33)12-10-22)30(41)38(31(42)36-32)18-27(40)39-29(20-7-15-25(35)16-8-20)26-4-2-3-21(28(26)37-39)17-19-5-13-24(34)14-6-19/h5-17,26,29H,2-4,18H2,1H3,(H,36,42)/b21-17-/t26-,29-,32-/m1/s1. The summed E-state index contributed by atoms with van der Waals surface area (Å²) < 4.78 is 27.3. The molecule has 1 saturated carbocycles. The topological polar surface area (TPSA) is 82.1 Å². The van der Waals surface area contributed by atoms with Crippen molar-refractivity contribution in [3.8, 4) is 0 Å². The van der Waals surface area contributed by atoms with Crippen LogP contribution in [0.4, 0.5) is 13.6 Å². The Morgan fingerprint density at radius 2 is 1.67 bits per heavy atom. The molecule has 2 fully saturated rings. The molecular weight excluding hydrogens is 562 g/mol. The van der Waals surface area contributed by atoms with Gasteiger partial charge in [0.2, 0.25) is 0 Å². The number of urea groups is 1. The Balaban J connectivity index is 1.32. The van der Waals surface area contributed by atoms with Gasteiger partial charge < -0.3 is 5.32 Å². The molecule has 1 saturated heterocycles. The normalized spacial score (nSPS) is 24.6. The Labute approximate surface area is 246 Å². The fourth-order valence-corrected chi connectivity index (χ4v) is 6.11. The minimum Gasteiger partial charge on any atom is -0.319 e. The zero-order valence-corrected chi connectivity index (χ0v) is 23.4. The van der Waals surface area contributed by atoms with Gasteiger partial charge in [-0.25, -0.2) is 18.6 Å². The molecule has 1 N–H and O–H groups in total. The van der Waals surface area contributed by atoms with Crippen LogP contribution in [0.5, 0.6) is 0 Å². The molecule has 0 radical (unpaired) electrons. The lowest BCUT2D eigenvalue weighted by Gasteiger charge is -2.30. The number of carbonyl (C=O) groups excluding carboxylic acids is 3. The van der Waals surface area contributed by atoms with Crippen LogP contribution in [0, 0.1) is 17.6 Å². The van der Waals surface area contributed by atoms with Gasteiger partial charge in [0.25, 0.3) is 11.8 Å². The molecule has 7 nitrogen and oxygen atoms in total. The highest BCUT2D eigenvalue weighted by Gasteiger charge is 2.51. The largest absolute Gasteiger partial charge is 0.325 e. The minimum atomic E-state index is -1.37. The SMILES string of the molecule is C[C@]1(c2ccc(Cl)cc2)NC(=O)N(CC(=O)N2N=C3/C(=C\c4ccc(F)cc4)CCC[C@H]3[C@H]2c2ccc(F)cc2)C1=O. The van der Waals surface area contributed by atoms with Gasteiger partial charge in [0, 0.05) is 10.9 Å². The minimum absolute atomic E-state index is 0.178. The van der Waals surface area contributed by atoms with Gasteiger partial charge in [0.15, 0.2) is 0 Å². The van der Waals surface area contributed by atoms with Crippen molar-refractivity contribution in [2.75, 3.05) is 6.54 Å². The average Bonchev–Trinajstić information content (AvgIpc) is 3.47. The summed E-state index contributed by atoms with van der Waals surface area (Å²) in [5.41, 5.74) is 2.31. The number of hydrazone groups is 1. The Morgan fingerprint density at radius 1 is 1.02 bits per heavy atom. The van der Waals surface area contributed by atoms with E-state index in [9.17, 15) is 23.2 Å². The number of halogens is 3. The van der Waals surface area contributed by atoms with Gasteiger partial charge in [0.05, 0.1) is 11.8 Å². The van der Waals surface area contributed by atoms with Gasteiger partial charge in [-0.3, -0.25) is 14.5 Å². The van der Waals surface area contributed by atoms with E-state index < -0.39 is 41.8 Å². The predicted octanol–water partition coefficient (Wildman–Crippen LogP) is 6.21. The number of carbonyl (C=O) groups is 3. The third-order valence-electron chi connectivity index (χ3n) is 8.17. The number of nitrogens with one attached hydrogen (secondary N) is 1. The van der Waals surface area contributed by atoms with Crippen molar-refractivity contribution in [3.63, 3.8) is 0 Å². The molecule has 0 aromatic heterocycles. The van der Waals surface area contributed by atoms with E-state index in [2.05, 4.69) is 5.32 Å². The monoisotopic (exact) mass is 588 g/mol. The molecule has 10 heteroatoms. The lowest BCUT2D eigenvalue weighted by molar-refractivity contribution is -0.140. The summed E-state index contributed by atoms with van der Waals surface area (Å²) in [7, 11) is 0. The number of nitrogens with zero attached hydrogens (tertiary/aromatic N) is 3. The van der Waals surface area contributed by atoms with E-state index in [1.165, 1.54) is 29.3 Å². The molecule has 3 aromatic carbocycles. The van der Waals surface area contributed by atoms with Crippen molar-refractivity contribution in [1.29, 1.82) is 0 Å². The maximum Gasteiger partial charge on any atom is 0.325 e. The quantitative estimate of drug-likeness (QED) is 0.360. The molecule has 2 aliphatic heterocycles. The molecule has 6 rings (SSSR count). The van der Waals surface area contributed by atoms with Crippen LogP contribution in [0.3, 0.4) is 0 Å². The molecule has 1 aliphatic carbocycles. The molecular formula is C32H27ClF2N4O3. The van der Waals surface area contributed by atoms with Crippen molar-refractivity contribution in [2.45, 2.75) is 37.8 Å². The van der Waals surface area contributed by atoms with Crippen LogP contribution in [0.25, 0.3) is 6.08 Å². The van der Waals surface area contributed by atoms with Crippen LogP contribution < -0.4 is 5.32 Å². The predicted molar refractivity (Wildman–Crippen MR) is 154 cm³/mol. The summed E-state index contributed by atoms with van der Waals surface area (Å²) in [6.07, 6.45) is 4.23. The summed E-state index contributed by atoms with van der Waals surface area (Å²) in [5, 5.41) is 9.29. The summed E-state index contributed by atoms with van der Waals surface area (Å²) in [4.78, 5) is 41.3. The Hall–Kier alpha value is -4.37. The van der Waals surface area contributed by atoms with Gasteiger partial charge >= 0.3 is 6.03 Å². The van der Waals surface area contributed by atoms with E-state index in [1.54, 1.807) is 55.5 Å². The molecule has 3 aliphatic rings. The number of hydrogen-bond donors (Lipinski definition) is 1. The lowest BCUT2D eigenvalue weighted by Crippen LogP contribution is -2.44. The third kappa shape index (κ3) is 4.98. The van der Waals surface area contributed by atoms with Crippen molar-refractivity contribution in [3.05, 3.63) is 112 Å². The first-order valence-electron chi connectivity index (χ1n) is 13.7. The van der Waals surface area contributed by atoms with E-state index in [1.807, 2.05) is 6.08 Å². The van der Waals surface area contributed by atoms with E-state index in [0.29, 0.717) is 16.1 Å². The average molecular weight is 589 g/mol. The second kappa shape index (κ2) is 10.8. The fraction of sp³-hybridized carbons (Fsp3) is 0.250. The van der Waals surface area contributed by atoms with Gasteiger partial charge in [0.1, 0.15) is 23.7 Å². The number of fused-ring (bicyclic) bond motifs is 1. The van der Waals surface area contributed by atoms with Crippen LogP contribution in [-0.2, 0) is 15.1 Å². The first-order valence-corrected chi connectivity index (χ1v) is 14.0. The van der Waals surface area contributed by atoms with E-state index in [-0.39, 0.29) is 11.7 Å². The summed E-state index contributed by atoms with van der Waals surface area (Å²) in [5.74, 6) is -2.03. The van der Waals surface area contributed by atoms with Crippen molar-refractivity contribution in [2.24, 2.45) is 11.0 Å². The summed E-state index contributed by atoms with van der Waals surface area (Å²) in [6, 6.07) is 17.4. The number of rotatable bonds is 5. The maximum atomic E-state index is 13.9. The van der Waals surface area contributed by atoms with Gasteiger partial charge in [-0.2, -0.15) is 5.10 Å². The highest BCUT2D eigenvalue weighted by atomic mass is 35.5. The smallest absolute Gasteiger partial charge is 0.319 e. The van der Waals surface area contributed by atoms with E-state index in [4.69, 9.17) is 16.7 Å². The van der Waals surface area contributed by atoms with E-state index >= 15 is 0 Å². The Bertz CT molecular complexity index is 1620. The zero-order valence-electron chi connectivity index (χ0n) is 22.7. The highest BCUT2D eigenvalue weighted by molar-refractivity contribution is 6.30. The van der Waals surface area contributed by atoms with E-state index in [0.717, 1.165) is 41.0 Å². The highest BCUT2D eigenvalue weighted by Crippen LogP contribution is 2.44. The fourth-order valence-electron chi connectivity index (χ4n) is 5.99. The van der Waals surface area contributed by atoms with Gasteiger partial charge in [-0.1, -0.05) is 48.0 Å². The van der Waals surface area contributed by atoms with Gasteiger partial charge in [-0.05, 0) is 90.9 Å². The number of amides is 4. The molecule has 0 unspecified atom stereocenters. The molecule has 0 spiro atoms. The van der Waals surface area contributed by atoms with Crippen LogP contribution in [-0.4, -0.2) is 40.0 Å². The number of benzene rings is 3. The van der Waals surface area contributed by atoms with Crippen LogP contribution in [0.15, 0.2) is 83.5 Å². The molecule has 3 aromatic rings. The first-order chi connectivity index (χ1) is 20.1. The second-order valence-corrected chi connectivity index (χ2v) is 11.3. The molecule has 42 heavy (non-hydrogen) atoms.